The van der Waals surface area contributed by atoms with Crippen molar-refractivity contribution in [3.05, 3.63) is 0 Å². The summed E-state index contributed by atoms with van der Waals surface area (Å²) in [6, 6.07) is 0. The van der Waals surface area contributed by atoms with Crippen molar-refractivity contribution in [1.82, 2.24) is 0 Å². The van der Waals surface area contributed by atoms with Gasteiger partial charge in [-0.2, -0.15) is 0 Å². The van der Waals surface area contributed by atoms with Crippen molar-refractivity contribution >= 4 is 26.6 Å². The molecule has 0 radical (unpaired) electrons. The van der Waals surface area contributed by atoms with Gasteiger partial charge in [-0.15, -0.1) is 0 Å². The highest BCUT2D eigenvalue weighted by Gasteiger charge is 2.41. The molecule has 0 saturated carbocycles. The van der Waals surface area contributed by atoms with Crippen LogP contribution in [0.5, 0.6) is 0 Å². The molecule has 0 aromatic rings. The molecule has 0 rings (SSSR count). The van der Waals surface area contributed by atoms with Crippen LogP contribution in [0.25, 0.3) is 0 Å². The minimum absolute atomic E-state index is 0.284. The van der Waals surface area contributed by atoms with Gasteiger partial charge < -0.3 is 18.0 Å². The fourth-order valence-corrected chi connectivity index (χ4v) is 3.34. The molecule has 0 fully saturated rings. The van der Waals surface area contributed by atoms with E-state index in [4.69, 9.17) is 18.0 Å². The van der Waals surface area contributed by atoms with Gasteiger partial charge in [-0.25, -0.2) is 0 Å². The second-order valence-corrected chi connectivity index (χ2v) is 5.10. The molecule has 0 aromatic heterocycles. The van der Waals surface area contributed by atoms with Crippen molar-refractivity contribution in [2.24, 2.45) is 0 Å². The number of ether oxygens (including phenoxy) is 1. The number of rotatable bonds is 9. The van der Waals surface area contributed by atoms with E-state index >= 15 is 0 Å². The van der Waals surface area contributed by atoms with Crippen molar-refractivity contribution in [2.45, 2.75) is 20.8 Å². The lowest BCUT2D eigenvalue weighted by atomic mass is 10.9. The lowest BCUT2D eigenvalue weighted by molar-refractivity contribution is 0.0539. The highest BCUT2D eigenvalue weighted by Crippen LogP contribution is 2.10. The maximum Gasteiger partial charge on any atom is 0.540 e. The molecule has 0 aromatic carbocycles. The Morgan fingerprint density at radius 2 is 1.43 bits per heavy atom. The molecule has 0 unspecified atom stereocenters. The lowest BCUT2D eigenvalue weighted by Crippen LogP contribution is -2.50. The summed E-state index contributed by atoms with van der Waals surface area (Å²) in [5, 5.41) is 0. The summed E-state index contributed by atoms with van der Waals surface area (Å²) in [5.41, 5.74) is 1.21. The molecule has 0 bridgehead atoms. The summed E-state index contributed by atoms with van der Waals surface area (Å²) in [6.45, 7) is 7.35. The molecule has 0 heterocycles. The first kappa shape index (κ1) is 14.0. The molecule has 0 spiro atoms. The van der Waals surface area contributed by atoms with Gasteiger partial charge in [-0.1, -0.05) is 0 Å². The van der Waals surface area contributed by atoms with Crippen LogP contribution in [0.2, 0.25) is 0 Å². The third kappa shape index (κ3) is 5.01. The van der Waals surface area contributed by atoms with Gasteiger partial charge in [0.2, 0.25) is 0 Å². The van der Waals surface area contributed by atoms with Crippen LogP contribution in [0.1, 0.15) is 20.8 Å². The first-order chi connectivity index (χ1) is 6.74. The standard InChI is InChI=1S/C8H18O4SSi/c1-4-10-14(11-5-2,12-6-3)8-9-7-13/h7H,4-6,8H2,1-3H3. The van der Waals surface area contributed by atoms with Crippen LogP contribution >= 0.6 is 12.2 Å². The Hall–Kier alpha value is -0.0131. The Morgan fingerprint density at radius 3 is 1.71 bits per heavy atom. The summed E-state index contributed by atoms with van der Waals surface area (Å²) < 4.78 is 21.6. The van der Waals surface area contributed by atoms with Crippen LogP contribution in [-0.4, -0.2) is 40.4 Å². The maximum absolute atomic E-state index is 5.52. The molecule has 0 N–H and O–H groups in total. The quantitative estimate of drug-likeness (QED) is 0.450. The van der Waals surface area contributed by atoms with E-state index in [1.54, 1.807) is 0 Å². The number of hydrogen-bond donors (Lipinski definition) is 0. The van der Waals surface area contributed by atoms with Crippen molar-refractivity contribution in [3.63, 3.8) is 0 Å². The zero-order valence-electron chi connectivity index (χ0n) is 8.95. The Labute approximate surface area is 91.9 Å². The average Bonchev–Trinajstić information content (AvgIpc) is 2.16. The van der Waals surface area contributed by atoms with Gasteiger partial charge >= 0.3 is 8.80 Å². The fraction of sp³-hybridized carbons (Fsp3) is 0.875. The Balaban J connectivity index is 4.28. The second kappa shape index (κ2) is 8.31. The third-order valence-electron chi connectivity index (χ3n) is 1.42. The van der Waals surface area contributed by atoms with Crippen LogP contribution < -0.4 is 0 Å². The average molecular weight is 238 g/mol. The van der Waals surface area contributed by atoms with Crippen LogP contribution in [0, 0.1) is 0 Å². The topological polar surface area (TPSA) is 36.9 Å². The molecule has 0 aliphatic carbocycles. The summed E-state index contributed by atoms with van der Waals surface area (Å²) in [4.78, 5) is 0. The van der Waals surface area contributed by atoms with Crippen LogP contribution in [0.4, 0.5) is 0 Å². The van der Waals surface area contributed by atoms with E-state index in [9.17, 15) is 0 Å². The second-order valence-electron chi connectivity index (χ2n) is 2.39. The van der Waals surface area contributed by atoms with E-state index in [1.165, 1.54) is 5.55 Å². The van der Waals surface area contributed by atoms with Gasteiger partial charge in [0.05, 0.1) is 0 Å². The summed E-state index contributed by atoms with van der Waals surface area (Å²) in [7, 11) is -2.64. The van der Waals surface area contributed by atoms with E-state index < -0.39 is 8.80 Å². The zero-order valence-corrected chi connectivity index (χ0v) is 10.8. The monoisotopic (exact) mass is 238 g/mol. The highest BCUT2D eigenvalue weighted by molar-refractivity contribution is 7.78. The van der Waals surface area contributed by atoms with Gasteiger partial charge in [-0.3, -0.25) is 0 Å². The van der Waals surface area contributed by atoms with E-state index in [0.717, 1.165) is 0 Å². The van der Waals surface area contributed by atoms with Crippen LogP contribution in [0.15, 0.2) is 0 Å². The van der Waals surface area contributed by atoms with Gasteiger partial charge in [0.25, 0.3) is 0 Å². The third-order valence-corrected chi connectivity index (χ3v) is 4.26. The summed E-state index contributed by atoms with van der Waals surface area (Å²) in [5.74, 6) is 0. The molecule has 14 heavy (non-hydrogen) atoms. The van der Waals surface area contributed by atoms with Crippen molar-refractivity contribution in [2.75, 3.05) is 26.1 Å². The van der Waals surface area contributed by atoms with Gasteiger partial charge in [0.15, 0.2) is 6.23 Å². The Kier molecular flexibility index (Phi) is 8.30. The summed E-state index contributed by atoms with van der Waals surface area (Å²) in [6.07, 6.45) is 0.284. The maximum atomic E-state index is 5.52. The molecular formula is C8H18O4SSi. The summed E-state index contributed by atoms with van der Waals surface area (Å²) >= 11 is 4.58. The molecule has 0 atom stereocenters. The van der Waals surface area contributed by atoms with E-state index in [-0.39, 0.29) is 6.23 Å². The molecule has 0 amide bonds. The molecule has 4 nitrogen and oxygen atoms in total. The molecule has 6 heteroatoms. The van der Waals surface area contributed by atoms with E-state index in [2.05, 4.69) is 12.2 Å². The predicted octanol–water partition coefficient (Wildman–Crippen LogP) is 1.55. The van der Waals surface area contributed by atoms with Gasteiger partial charge in [-0.05, 0) is 33.0 Å². The molecular weight excluding hydrogens is 220 g/mol. The normalized spacial score (nSPS) is 11.4. The predicted molar refractivity (Wildman–Crippen MR) is 60.2 cm³/mol. The zero-order chi connectivity index (χ0) is 10.9. The Bertz CT molecular complexity index is 139. The smallest absolute Gasteiger partial charge is 0.485 e. The minimum Gasteiger partial charge on any atom is -0.485 e. The van der Waals surface area contributed by atoms with Crippen molar-refractivity contribution in [1.29, 1.82) is 0 Å². The SMILES string of the molecule is CCO[Si](COC=S)(OCC)OCC. The fourth-order valence-electron chi connectivity index (χ4n) is 1.05. The van der Waals surface area contributed by atoms with E-state index in [1.807, 2.05) is 20.8 Å². The molecule has 0 saturated heterocycles. The van der Waals surface area contributed by atoms with Crippen LogP contribution in [0.3, 0.4) is 0 Å². The molecule has 0 aliphatic rings. The van der Waals surface area contributed by atoms with Gasteiger partial charge in [0, 0.05) is 19.8 Å². The van der Waals surface area contributed by atoms with Crippen molar-refractivity contribution in [3.8, 4) is 0 Å². The first-order valence-corrected chi connectivity index (χ1v) is 7.12. The molecule has 84 valence electrons. The van der Waals surface area contributed by atoms with Gasteiger partial charge in [0.1, 0.15) is 5.55 Å². The first-order valence-electron chi connectivity index (χ1n) is 4.71. The molecule has 0 aliphatic heterocycles. The number of hydrogen-bond acceptors (Lipinski definition) is 5. The van der Waals surface area contributed by atoms with E-state index in [0.29, 0.717) is 19.8 Å². The largest absolute Gasteiger partial charge is 0.540 e. The highest BCUT2D eigenvalue weighted by atomic mass is 32.1. The number of thiocarbonyl (C=S) groups is 1. The van der Waals surface area contributed by atoms with Crippen molar-refractivity contribution < 1.29 is 18.0 Å². The Morgan fingerprint density at radius 1 is 1.00 bits per heavy atom. The lowest BCUT2D eigenvalue weighted by Gasteiger charge is -2.27. The van der Waals surface area contributed by atoms with Crippen LogP contribution in [-0.2, 0) is 18.0 Å². The minimum atomic E-state index is -2.64.